The first-order valence-corrected chi connectivity index (χ1v) is 12.8. The molecule has 0 spiro atoms. The number of likely N-dealkylation sites (N-methyl/N-ethyl adjacent to an activating group) is 1. The minimum Gasteiger partial charge on any atom is -0.726 e. The fraction of sp³-hybridized carbons (Fsp3) is 0.909. The van der Waals surface area contributed by atoms with E-state index in [1.807, 2.05) is 0 Å². The van der Waals surface area contributed by atoms with Crippen molar-refractivity contribution in [1.82, 2.24) is 0 Å². The van der Waals surface area contributed by atoms with E-state index >= 15 is 0 Å². The molecule has 0 fully saturated rings. The molecule has 29 heavy (non-hydrogen) atoms. The van der Waals surface area contributed by atoms with Gasteiger partial charge in [0.1, 0.15) is 6.54 Å². The lowest BCUT2D eigenvalue weighted by Crippen LogP contribution is -3.09. The van der Waals surface area contributed by atoms with E-state index in [9.17, 15) is 13.0 Å². The van der Waals surface area contributed by atoms with Crippen molar-refractivity contribution < 1.29 is 27.2 Å². The van der Waals surface area contributed by atoms with Crippen molar-refractivity contribution in [2.24, 2.45) is 0 Å². The van der Waals surface area contributed by atoms with Crippen LogP contribution in [0.4, 0.5) is 0 Å². The number of nitrogens with one attached hydrogen (secondary N) is 1. The molecule has 6 nitrogen and oxygen atoms in total. The lowest BCUT2D eigenvalue weighted by molar-refractivity contribution is -0.880. The normalized spacial score (nSPS) is 12.7. The van der Waals surface area contributed by atoms with Crippen LogP contribution in [0.5, 0.6) is 0 Å². The fourth-order valence-electron chi connectivity index (χ4n) is 2.99. The second-order valence-electron chi connectivity index (χ2n) is 7.69. The molecule has 0 saturated carbocycles. The third-order valence-corrected chi connectivity index (χ3v) is 5.27. The van der Waals surface area contributed by atoms with Crippen LogP contribution in [0.2, 0.25) is 0 Å². The molecule has 0 aliphatic rings. The maximum absolute atomic E-state index is 9.22. The van der Waals surface area contributed by atoms with E-state index < -0.39 is 10.4 Å². The first-order valence-electron chi connectivity index (χ1n) is 11.5. The molecule has 0 aromatic rings. The molecule has 0 rings (SSSR count). The Kier molecular flexibility index (Phi) is 25.2. The predicted octanol–water partition coefficient (Wildman–Crippen LogP) is 3.62. The van der Waals surface area contributed by atoms with Gasteiger partial charge in [0.2, 0.25) is 10.4 Å². The Morgan fingerprint density at radius 1 is 0.828 bits per heavy atom. The highest BCUT2D eigenvalue weighted by molar-refractivity contribution is 7.80. The van der Waals surface area contributed by atoms with Crippen LogP contribution < -0.4 is 4.90 Å². The largest absolute Gasteiger partial charge is 0.726 e. The molecule has 0 radical (unpaired) electrons. The number of unbranched alkanes of at least 4 members (excludes halogenated alkanes) is 12. The topological polar surface area (TPSA) is 91.1 Å². The predicted molar refractivity (Wildman–Crippen MR) is 120 cm³/mol. The van der Waals surface area contributed by atoms with Gasteiger partial charge in [0.05, 0.1) is 27.3 Å². The van der Waals surface area contributed by atoms with Crippen molar-refractivity contribution >= 4 is 10.4 Å². The van der Waals surface area contributed by atoms with Crippen LogP contribution in [-0.4, -0.2) is 51.9 Å². The van der Waals surface area contributed by atoms with Crippen LogP contribution in [-0.2, 0) is 14.6 Å². The summed E-state index contributed by atoms with van der Waals surface area (Å²) in [4.78, 5) is 1.46. The second kappa shape index (κ2) is 23.8. The highest BCUT2D eigenvalue weighted by Crippen LogP contribution is 2.09. The molecule has 1 atom stereocenters. The number of hydrogen-bond acceptors (Lipinski definition) is 5. The van der Waals surface area contributed by atoms with Gasteiger partial charge < -0.3 is 14.6 Å². The summed E-state index contributed by atoms with van der Waals surface area (Å²) in [5, 5.41) is 8.85. The fourth-order valence-corrected chi connectivity index (χ4v) is 2.99. The van der Waals surface area contributed by atoms with Crippen molar-refractivity contribution in [1.29, 1.82) is 0 Å². The number of rotatable bonds is 19. The highest BCUT2D eigenvalue weighted by atomic mass is 32.3. The van der Waals surface area contributed by atoms with Crippen LogP contribution in [0.15, 0.2) is 12.2 Å². The quantitative estimate of drug-likeness (QED) is 0.139. The van der Waals surface area contributed by atoms with Gasteiger partial charge in [-0.1, -0.05) is 70.4 Å². The Bertz CT molecular complexity index is 440. The SMILES string of the molecule is CCCCCCCC/C=C\CCCCCCCC[NH+](C)CCO.COS(=O)(=O)[O-]. The summed E-state index contributed by atoms with van der Waals surface area (Å²) in [5.74, 6) is 0. The molecular weight excluding hydrogens is 390 g/mol. The third kappa shape index (κ3) is 32.4. The number of aliphatic hydroxyl groups is 1. The summed E-state index contributed by atoms with van der Waals surface area (Å²) >= 11 is 0. The Balaban J connectivity index is 0. The molecule has 0 aliphatic heterocycles. The molecule has 0 aromatic carbocycles. The Labute approximate surface area is 180 Å². The molecule has 0 amide bonds. The average molecular weight is 438 g/mol. The summed E-state index contributed by atoms with van der Waals surface area (Å²) in [6, 6.07) is 0. The summed E-state index contributed by atoms with van der Waals surface area (Å²) < 4.78 is 31.0. The molecule has 0 aromatic heterocycles. The van der Waals surface area contributed by atoms with Crippen molar-refractivity contribution in [3.63, 3.8) is 0 Å². The zero-order valence-electron chi connectivity index (χ0n) is 19.2. The number of allylic oxidation sites excluding steroid dienone is 2. The van der Waals surface area contributed by atoms with Crippen molar-refractivity contribution in [2.75, 3.05) is 33.9 Å². The zero-order chi connectivity index (χ0) is 22.2. The van der Waals surface area contributed by atoms with Gasteiger partial charge in [-0.25, -0.2) is 8.42 Å². The van der Waals surface area contributed by atoms with E-state index in [1.54, 1.807) is 0 Å². The minimum atomic E-state index is -4.41. The van der Waals surface area contributed by atoms with Crippen LogP contribution in [0.3, 0.4) is 0 Å². The van der Waals surface area contributed by atoms with Gasteiger partial charge >= 0.3 is 0 Å². The first kappa shape index (κ1) is 30.7. The van der Waals surface area contributed by atoms with E-state index in [-0.39, 0.29) is 0 Å². The van der Waals surface area contributed by atoms with Gasteiger partial charge in [0, 0.05) is 0 Å². The zero-order valence-corrected chi connectivity index (χ0v) is 20.0. The van der Waals surface area contributed by atoms with Gasteiger partial charge in [0.15, 0.2) is 0 Å². The molecule has 0 aliphatic carbocycles. The average Bonchev–Trinajstić information content (AvgIpc) is 2.68. The van der Waals surface area contributed by atoms with E-state index in [2.05, 4.69) is 30.3 Å². The monoisotopic (exact) mass is 437 g/mol. The van der Waals surface area contributed by atoms with Gasteiger partial charge in [0.25, 0.3) is 0 Å². The number of aliphatic hydroxyl groups excluding tert-OH is 1. The Morgan fingerprint density at radius 3 is 1.66 bits per heavy atom. The van der Waals surface area contributed by atoms with E-state index in [4.69, 9.17) is 5.11 Å². The van der Waals surface area contributed by atoms with Gasteiger partial charge in [-0.3, -0.25) is 4.18 Å². The van der Waals surface area contributed by atoms with E-state index in [1.165, 1.54) is 101 Å². The smallest absolute Gasteiger partial charge is 0.217 e. The van der Waals surface area contributed by atoms with Crippen molar-refractivity contribution in [3.05, 3.63) is 12.2 Å². The number of hydrogen-bond donors (Lipinski definition) is 2. The summed E-state index contributed by atoms with van der Waals surface area (Å²) in [6.07, 6.45) is 24.0. The van der Waals surface area contributed by atoms with Crippen LogP contribution in [0.1, 0.15) is 96.8 Å². The standard InChI is InChI=1S/C21H43NO.CH4O4S/c1-3-4-5-6-7-8-9-10-11-12-13-14-15-16-17-18-19-22(2)20-21-23;1-5-6(2,3)4/h10-11,23H,3-9,12-21H2,1-2H3;1H3,(H,2,3,4)/b11-10-;. The van der Waals surface area contributed by atoms with E-state index in [0.29, 0.717) is 6.61 Å². The third-order valence-electron chi connectivity index (χ3n) is 4.86. The Morgan fingerprint density at radius 2 is 1.24 bits per heavy atom. The maximum atomic E-state index is 9.22. The van der Waals surface area contributed by atoms with Crippen LogP contribution >= 0.6 is 0 Å². The molecule has 0 bridgehead atoms. The molecular formula is C22H47NO5S. The van der Waals surface area contributed by atoms with Gasteiger partial charge in [-0.05, 0) is 38.5 Å². The number of quaternary nitrogens is 1. The van der Waals surface area contributed by atoms with Gasteiger partial charge in [-0.2, -0.15) is 0 Å². The lowest BCUT2D eigenvalue weighted by Gasteiger charge is -2.11. The highest BCUT2D eigenvalue weighted by Gasteiger charge is 1.99. The molecule has 0 saturated heterocycles. The Hall–Kier alpha value is -0.470. The van der Waals surface area contributed by atoms with E-state index in [0.717, 1.165) is 13.7 Å². The molecule has 0 heterocycles. The van der Waals surface area contributed by atoms with Crippen LogP contribution in [0, 0.1) is 0 Å². The molecule has 7 heteroatoms. The summed E-state index contributed by atoms with van der Waals surface area (Å²) in [5.41, 5.74) is 0. The minimum absolute atomic E-state index is 0.318. The van der Waals surface area contributed by atoms with Crippen LogP contribution in [0.25, 0.3) is 0 Å². The van der Waals surface area contributed by atoms with Gasteiger partial charge in [-0.15, -0.1) is 0 Å². The van der Waals surface area contributed by atoms with Crippen molar-refractivity contribution in [2.45, 2.75) is 96.8 Å². The first-order chi connectivity index (χ1) is 13.9. The molecule has 176 valence electrons. The maximum Gasteiger partial charge on any atom is 0.217 e. The lowest BCUT2D eigenvalue weighted by atomic mass is 10.1. The molecule has 1 unspecified atom stereocenters. The molecule has 2 N–H and O–H groups in total. The summed E-state index contributed by atoms with van der Waals surface area (Å²) in [6.45, 7) is 4.70. The van der Waals surface area contributed by atoms with Crippen molar-refractivity contribution in [3.8, 4) is 0 Å². The summed E-state index contributed by atoms with van der Waals surface area (Å²) in [7, 11) is -1.43. The second-order valence-corrected chi connectivity index (χ2v) is 8.84.